The molecule has 0 saturated carbocycles. The molecule has 366 valence electrons. The number of hydrogen-bond donors (Lipinski definition) is 0. The van der Waals surface area contributed by atoms with Crippen molar-refractivity contribution in [3.05, 3.63) is 175 Å². The van der Waals surface area contributed by atoms with Crippen LogP contribution in [0.2, 0.25) is 0 Å². The first kappa shape index (κ1) is 58.6. The number of rotatable bonds is 32. The molecule has 0 amide bonds. The summed E-state index contributed by atoms with van der Waals surface area (Å²) in [6, 6.07) is 7.11. The number of benzene rings is 1. The molecular formula is C65H94O2. The summed E-state index contributed by atoms with van der Waals surface area (Å²) in [5.41, 5.74) is 17.8. The van der Waals surface area contributed by atoms with E-state index in [2.05, 4.69) is 150 Å². The second kappa shape index (κ2) is 34.7. The van der Waals surface area contributed by atoms with Crippen molar-refractivity contribution < 1.29 is 9.59 Å². The molecule has 2 heteroatoms. The van der Waals surface area contributed by atoms with Crippen molar-refractivity contribution in [3.63, 3.8) is 0 Å². The molecule has 0 atom stereocenters. The van der Waals surface area contributed by atoms with Gasteiger partial charge in [-0.1, -0.05) is 152 Å². The lowest BCUT2D eigenvalue weighted by molar-refractivity contribution is 0.0983. The van der Waals surface area contributed by atoms with E-state index in [9.17, 15) is 9.59 Å². The first-order valence-electron chi connectivity index (χ1n) is 26.1. The topological polar surface area (TPSA) is 34.1 Å². The summed E-state index contributed by atoms with van der Waals surface area (Å²) in [6.07, 6.45) is 51.0. The predicted octanol–water partition coefficient (Wildman–Crippen LogP) is 20.6. The maximum absolute atomic E-state index is 12.8. The van der Waals surface area contributed by atoms with Gasteiger partial charge in [0.15, 0.2) is 11.6 Å². The SMILES string of the molecule is CC(C)=CCCC(C)=CCCC(C)=CCCC(C)=CCCC(C)=CCCC(C)=CCCC(C)=CCCC(C)=CCCC(C)=CCCC(C)=CCCC(C)=CCC1=CC(=O)c2ccccc2C1=O. The lowest BCUT2D eigenvalue weighted by Gasteiger charge is -2.14. The minimum atomic E-state index is -0.0696. The molecule has 0 radical (unpaired) electrons. The molecule has 1 aliphatic rings. The second-order valence-corrected chi connectivity index (χ2v) is 20.3. The zero-order chi connectivity index (χ0) is 49.4. The average Bonchev–Trinajstić information content (AvgIpc) is 3.27. The number of allylic oxidation sites excluding steroid dienone is 24. The molecule has 0 bridgehead atoms. The molecule has 0 saturated heterocycles. The van der Waals surface area contributed by atoms with Crippen molar-refractivity contribution in [2.45, 2.75) is 218 Å². The van der Waals surface area contributed by atoms with Gasteiger partial charge >= 0.3 is 0 Å². The maximum atomic E-state index is 12.8. The molecule has 0 spiro atoms. The number of fused-ring (bicyclic) bond motifs is 1. The van der Waals surface area contributed by atoms with Crippen LogP contribution in [0.4, 0.5) is 0 Å². The third-order valence-corrected chi connectivity index (χ3v) is 13.1. The van der Waals surface area contributed by atoms with E-state index in [1.807, 2.05) is 6.07 Å². The van der Waals surface area contributed by atoms with E-state index in [4.69, 9.17) is 0 Å². The van der Waals surface area contributed by atoms with Gasteiger partial charge in [0.05, 0.1) is 0 Å². The summed E-state index contributed by atoms with van der Waals surface area (Å²) < 4.78 is 0. The van der Waals surface area contributed by atoms with Crippen molar-refractivity contribution >= 4 is 11.6 Å². The first-order chi connectivity index (χ1) is 32.0. The Labute approximate surface area is 412 Å². The Morgan fingerprint density at radius 2 is 0.567 bits per heavy atom. The molecule has 2 rings (SSSR count). The van der Waals surface area contributed by atoms with Crippen LogP contribution in [0.15, 0.2) is 164 Å². The molecular weight excluding hydrogens is 813 g/mol. The summed E-state index contributed by atoms with van der Waals surface area (Å²) in [7, 11) is 0. The molecule has 67 heavy (non-hydrogen) atoms. The van der Waals surface area contributed by atoms with Crippen LogP contribution in [-0.4, -0.2) is 11.6 Å². The van der Waals surface area contributed by atoms with Crippen molar-refractivity contribution in [3.8, 4) is 0 Å². The highest BCUT2D eigenvalue weighted by Gasteiger charge is 2.24. The highest BCUT2D eigenvalue weighted by atomic mass is 16.1. The normalized spacial score (nSPS) is 15.4. The van der Waals surface area contributed by atoms with Crippen molar-refractivity contribution in [1.29, 1.82) is 0 Å². The third-order valence-electron chi connectivity index (χ3n) is 13.1. The maximum Gasteiger partial charge on any atom is 0.190 e. The van der Waals surface area contributed by atoms with Crippen LogP contribution in [0.25, 0.3) is 0 Å². The van der Waals surface area contributed by atoms with Crippen LogP contribution in [0, 0.1) is 0 Å². The quantitative estimate of drug-likeness (QED) is 0.0675. The highest BCUT2D eigenvalue weighted by molar-refractivity contribution is 6.24. The lowest BCUT2D eigenvalue weighted by atomic mass is 9.88. The highest BCUT2D eigenvalue weighted by Crippen LogP contribution is 2.25. The summed E-state index contributed by atoms with van der Waals surface area (Å²) in [4.78, 5) is 25.3. The van der Waals surface area contributed by atoms with Crippen molar-refractivity contribution in [2.75, 3.05) is 0 Å². The molecule has 1 aromatic carbocycles. The van der Waals surface area contributed by atoms with Gasteiger partial charge in [-0.15, -0.1) is 0 Å². The Kier molecular flexibility index (Phi) is 30.3. The first-order valence-corrected chi connectivity index (χ1v) is 26.1. The van der Waals surface area contributed by atoms with E-state index in [1.165, 1.54) is 93.1 Å². The summed E-state index contributed by atoms with van der Waals surface area (Å²) in [6.45, 7) is 27.0. The minimum Gasteiger partial charge on any atom is -0.289 e. The number of carbonyl (C=O) groups excluding carboxylic acids is 2. The van der Waals surface area contributed by atoms with Crippen molar-refractivity contribution in [2.24, 2.45) is 0 Å². The summed E-state index contributed by atoms with van der Waals surface area (Å²) >= 11 is 0. The van der Waals surface area contributed by atoms with E-state index >= 15 is 0 Å². The summed E-state index contributed by atoms with van der Waals surface area (Å²) in [5, 5.41) is 0. The largest absolute Gasteiger partial charge is 0.289 e. The van der Waals surface area contributed by atoms with Crippen LogP contribution in [0.1, 0.15) is 239 Å². The van der Waals surface area contributed by atoms with E-state index in [-0.39, 0.29) is 11.6 Å². The Balaban J connectivity index is 1.56. The molecule has 0 aromatic heterocycles. The van der Waals surface area contributed by atoms with Gasteiger partial charge in [0.1, 0.15) is 0 Å². The third kappa shape index (κ3) is 28.4. The predicted molar refractivity (Wildman–Crippen MR) is 297 cm³/mol. The summed E-state index contributed by atoms with van der Waals surface area (Å²) in [5.74, 6) is -0.0947. The van der Waals surface area contributed by atoms with Crippen LogP contribution < -0.4 is 0 Å². The van der Waals surface area contributed by atoms with Gasteiger partial charge in [0, 0.05) is 16.7 Å². The molecule has 0 N–H and O–H groups in total. The Bertz CT molecular complexity index is 2090. The van der Waals surface area contributed by atoms with Gasteiger partial charge < -0.3 is 0 Å². The van der Waals surface area contributed by atoms with Crippen LogP contribution in [0.5, 0.6) is 0 Å². The Morgan fingerprint density at radius 3 is 0.836 bits per heavy atom. The standard InChI is InChI=1S/C65H94O2/c1-50(2)25-15-26-51(3)27-16-28-52(4)29-17-30-53(5)31-18-32-54(6)33-19-34-55(7)35-20-36-56(8)37-21-38-57(9)39-22-40-58(10)41-23-42-59(11)43-24-44-60(12)47-48-61-49-64(66)62-45-13-14-46-63(62)65(61)67/h13-14,25,27,29,31,33,35,37,39,41,43,45-47,49H,15-24,26,28,30,32,34,36,38,40,42,44,48H2,1-12H3. The fourth-order valence-corrected chi connectivity index (χ4v) is 8.33. The van der Waals surface area contributed by atoms with Gasteiger partial charge in [0.2, 0.25) is 0 Å². The number of ketones is 2. The zero-order valence-electron chi connectivity index (χ0n) is 44.9. The van der Waals surface area contributed by atoms with E-state index in [1.54, 1.807) is 18.2 Å². The fourth-order valence-electron chi connectivity index (χ4n) is 8.33. The molecule has 0 aliphatic heterocycles. The Hall–Kier alpha value is -4.56. The number of Topliss-reactive ketones (excluding diaryl/α,β-unsaturated/α-hetero) is 1. The van der Waals surface area contributed by atoms with Gasteiger partial charge in [-0.2, -0.15) is 0 Å². The Morgan fingerprint density at radius 1 is 0.328 bits per heavy atom. The lowest BCUT2D eigenvalue weighted by Crippen LogP contribution is -2.16. The zero-order valence-corrected chi connectivity index (χ0v) is 44.9. The minimum absolute atomic E-state index is 0.0251. The van der Waals surface area contributed by atoms with E-state index in [0.717, 1.165) is 103 Å². The monoisotopic (exact) mass is 907 g/mol. The smallest absolute Gasteiger partial charge is 0.190 e. The van der Waals surface area contributed by atoms with Crippen LogP contribution in [0.3, 0.4) is 0 Å². The van der Waals surface area contributed by atoms with Gasteiger partial charge in [0.25, 0.3) is 0 Å². The van der Waals surface area contributed by atoms with Gasteiger partial charge in [-0.3, -0.25) is 9.59 Å². The molecule has 0 unspecified atom stereocenters. The van der Waals surface area contributed by atoms with Crippen molar-refractivity contribution in [1.82, 2.24) is 0 Å². The molecule has 1 aromatic rings. The molecule has 2 nitrogen and oxygen atoms in total. The van der Waals surface area contributed by atoms with E-state index in [0.29, 0.717) is 23.1 Å². The molecule has 1 aliphatic carbocycles. The fraction of sp³-hybridized carbons (Fsp3) is 0.508. The number of hydrogen-bond acceptors (Lipinski definition) is 2. The molecule has 0 fully saturated rings. The van der Waals surface area contributed by atoms with Gasteiger partial charge in [-0.25, -0.2) is 0 Å². The van der Waals surface area contributed by atoms with Gasteiger partial charge in [-0.05, 0) is 224 Å². The van der Waals surface area contributed by atoms with Crippen LogP contribution >= 0.6 is 0 Å². The van der Waals surface area contributed by atoms with E-state index < -0.39 is 0 Å². The second-order valence-electron chi connectivity index (χ2n) is 20.3. The molecule has 0 heterocycles. The average molecular weight is 907 g/mol. The number of carbonyl (C=O) groups is 2. The van der Waals surface area contributed by atoms with Crippen LogP contribution in [-0.2, 0) is 0 Å².